The lowest BCUT2D eigenvalue weighted by Crippen LogP contribution is -2.47. The summed E-state index contributed by atoms with van der Waals surface area (Å²) in [6, 6.07) is 13.7. The van der Waals surface area contributed by atoms with Gasteiger partial charge in [-0.2, -0.15) is 0 Å². The fraction of sp³-hybridized carbons (Fsp3) is 0.481. The molecule has 2 aromatic rings. The summed E-state index contributed by atoms with van der Waals surface area (Å²) in [5.74, 6) is 0.875. The van der Waals surface area contributed by atoms with Crippen LogP contribution in [0.1, 0.15) is 36.0 Å². The van der Waals surface area contributed by atoms with Crippen LogP contribution in [0.15, 0.2) is 42.5 Å². The van der Waals surface area contributed by atoms with Gasteiger partial charge in [0.2, 0.25) is 5.91 Å². The van der Waals surface area contributed by atoms with E-state index in [1.165, 1.54) is 0 Å². The molecule has 0 radical (unpaired) electrons. The van der Waals surface area contributed by atoms with Crippen LogP contribution in [0, 0.1) is 5.92 Å². The van der Waals surface area contributed by atoms with Crippen LogP contribution in [0.5, 0.6) is 5.75 Å². The summed E-state index contributed by atoms with van der Waals surface area (Å²) in [5, 5.41) is 6.04. The lowest BCUT2D eigenvalue weighted by Gasteiger charge is -2.38. The van der Waals surface area contributed by atoms with Crippen molar-refractivity contribution in [1.82, 2.24) is 5.32 Å². The number of ether oxygens (including phenoxy) is 2. The fourth-order valence-electron chi connectivity index (χ4n) is 4.85. The smallest absolute Gasteiger partial charge is 0.253 e. The van der Waals surface area contributed by atoms with Crippen LogP contribution in [0.2, 0.25) is 0 Å². The number of carbonyl (C=O) groups excluding carboxylic acids is 2. The molecule has 1 unspecified atom stereocenters. The maximum Gasteiger partial charge on any atom is 0.253 e. The number of hydrogen-bond donors (Lipinski definition) is 2. The third kappa shape index (κ3) is 5.53. The Balaban J connectivity index is 1.32. The molecule has 0 aromatic heterocycles. The zero-order valence-electron chi connectivity index (χ0n) is 20.3. The van der Waals surface area contributed by atoms with Crippen LogP contribution in [0.4, 0.5) is 17.1 Å². The highest BCUT2D eigenvalue weighted by molar-refractivity contribution is 6.02. The normalized spacial score (nSPS) is 20.0. The molecular weight excluding hydrogens is 444 g/mol. The molecule has 1 aliphatic carbocycles. The standard InChI is InChI=1S/C27H34N4O4/c1-34-25-7-3-2-6-24(25)31-14-12-30(13-15-31)23-11-10-20(29-26(32)19-8-9-19)17-22(23)27(33)28-18-21-5-4-16-35-21/h2-3,6-7,10-11,17,19,21H,4-5,8-9,12-16,18H2,1H3,(H,28,33)(H,29,32). The molecule has 2 aromatic carbocycles. The van der Waals surface area contributed by atoms with Crippen LogP contribution >= 0.6 is 0 Å². The van der Waals surface area contributed by atoms with Crippen molar-refractivity contribution < 1.29 is 19.1 Å². The Morgan fingerprint density at radius 1 is 1.00 bits per heavy atom. The third-order valence-electron chi connectivity index (χ3n) is 7.02. The molecule has 3 aliphatic rings. The Hall–Kier alpha value is -3.26. The number of nitrogens with zero attached hydrogens (tertiary/aromatic N) is 2. The van der Waals surface area contributed by atoms with E-state index in [0.29, 0.717) is 17.8 Å². The summed E-state index contributed by atoms with van der Waals surface area (Å²) in [6.45, 7) is 4.44. The number of carbonyl (C=O) groups is 2. The van der Waals surface area contributed by atoms with Crippen LogP contribution in [0.3, 0.4) is 0 Å². The highest BCUT2D eigenvalue weighted by Crippen LogP contribution is 2.33. The summed E-state index contributed by atoms with van der Waals surface area (Å²) in [7, 11) is 1.69. The van der Waals surface area contributed by atoms with E-state index in [9.17, 15) is 9.59 Å². The van der Waals surface area contributed by atoms with E-state index < -0.39 is 0 Å². The van der Waals surface area contributed by atoms with Gasteiger partial charge in [-0.05, 0) is 56.0 Å². The number of hydrogen-bond acceptors (Lipinski definition) is 6. The van der Waals surface area contributed by atoms with Crippen molar-refractivity contribution in [1.29, 1.82) is 0 Å². The average molecular weight is 479 g/mol. The van der Waals surface area contributed by atoms with Crippen molar-refractivity contribution in [2.75, 3.05) is 61.6 Å². The van der Waals surface area contributed by atoms with Crippen molar-refractivity contribution in [2.45, 2.75) is 31.8 Å². The quantitative estimate of drug-likeness (QED) is 0.606. The van der Waals surface area contributed by atoms with Gasteiger partial charge in [-0.1, -0.05) is 12.1 Å². The number of piperazine rings is 1. The predicted octanol–water partition coefficient (Wildman–Crippen LogP) is 3.28. The second-order valence-electron chi connectivity index (χ2n) is 9.49. The van der Waals surface area contributed by atoms with Gasteiger partial charge in [-0.15, -0.1) is 0 Å². The molecule has 1 saturated carbocycles. The van der Waals surface area contributed by atoms with Gasteiger partial charge in [0.25, 0.3) is 5.91 Å². The summed E-state index contributed by atoms with van der Waals surface area (Å²) >= 11 is 0. The van der Waals surface area contributed by atoms with E-state index in [4.69, 9.17) is 9.47 Å². The van der Waals surface area contributed by atoms with Crippen LogP contribution in [0.25, 0.3) is 0 Å². The molecule has 2 aliphatic heterocycles. The Bertz CT molecular complexity index is 1060. The minimum atomic E-state index is -0.134. The number of para-hydroxylation sites is 2. The van der Waals surface area contributed by atoms with E-state index >= 15 is 0 Å². The maximum absolute atomic E-state index is 13.3. The zero-order valence-corrected chi connectivity index (χ0v) is 20.3. The third-order valence-corrected chi connectivity index (χ3v) is 7.02. The summed E-state index contributed by atoms with van der Waals surface area (Å²) < 4.78 is 11.2. The number of benzene rings is 2. The van der Waals surface area contributed by atoms with E-state index in [0.717, 1.165) is 75.6 Å². The number of amides is 2. The molecule has 2 heterocycles. The molecular formula is C27H34N4O4. The molecule has 2 saturated heterocycles. The monoisotopic (exact) mass is 478 g/mol. The number of anilines is 3. The minimum absolute atomic E-state index is 0.0360. The van der Waals surface area contributed by atoms with E-state index in [1.807, 2.05) is 36.4 Å². The Kier molecular flexibility index (Phi) is 7.08. The fourth-order valence-corrected chi connectivity index (χ4v) is 4.85. The molecule has 1 atom stereocenters. The predicted molar refractivity (Wildman–Crippen MR) is 137 cm³/mol. The van der Waals surface area contributed by atoms with Gasteiger partial charge in [-0.3, -0.25) is 9.59 Å². The molecule has 186 valence electrons. The first-order valence-electron chi connectivity index (χ1n) is 12.6. The molecule has 35 heavy (non-hydrogen) atoms. The van der Waals surface area contributed by atoms with Crippen LogP contribution in [-0.2, 0) is 9.53 Å². The number of nitrogens with one attached hydrogen (secondary N) is 2. The lowest BCUT2D eigenvalue weighted by atomic mass is 10.1. The average Bonchev–Trinajstić information content (AvgIpc) is 3.63. The van der Waals surface area contributed by atoms with Gasteiger partial charge in [0.15, 0.2) is 0 Å². The van der Waals surface area contributed by atoms with Gasteiger partial charge in [0.1, 0.15) is 5.75 Å². The van der Waals surface area contributed by atoms with Gasteiger partial charge in [0.05, 0.1) is 24.5 Å². The van der Waals surface area contributed by atoms with Gasteiger partial charge < -0.3 is 29.9 Å². The number of methoxy groups -OCH3 is 1. The summed E-state index contributed by atoms with van der Waals surface area (Å²) in [6.07, 6.45) is 3.95. The Morgan fingerprint density at radius 2 is 1.74 bits per heavy atom. The minimum Gasteiger partial charge on any atom is -0.495 e. The van der Waals surface area contributed by atoms with Crippen LogP contribution in [-0.4, -0.2) is 64.4 Å². The van der Waals surface area contributed by atoms with E-state index in [-0.39, 0.29) is 23.8 Å². The number of rotatable bonds is 8. The van der Waals surface area contributed by atoms with Crippen molar-refractivity contribution in [3.8, 4) is 5.75 Å². The largest absolute Gasteiger partial charge is 0.495 e. The zero-order chi connectivity index (χ0) is 24.2. The molecule has 3 fully saturated rings. The van der Waals surface area contributed by atoms with E-state index in [1.54, 1.807) is 7.11 Å². The Morgan fingerprint density at radius 3 is 2.43 bits per heavy atom. The topological polar surface area (TPSA) is 83.1 Å². The van der Waals surface area contributed by atoms with Gasteiger partial charge in [-0.25, -0.2) is 0 Å². The van der Waals surface area contributed by atoms with E-state index in [2.05, 4.69) is 26.5 Å². The molecule has 2 N–H and O–H groups in total. The molecule has 8 nitrogen and oxygen atoms in total. The van der Waals surface area contributed by atoms with Crippen molar-refractivity contribution in [2.24, 2.45) is 5.92 Å². The van der Waals surface area contributed by atoms with Gasteiger partial charge in [0, 0.05) is 56.6 Å². The first-order chi connectivity index (χ1) is 17.1. The van der Waals surface area contributed by atoms with Crippen LogP contribution < -0.4 is 25.2 Å². The lowest BCUT2D eigenvalue weighted by molar-refractivity contribution is -0.117. The Labute approximate surface area is 206 Å². The first kappa shape index (κ1) is 23.5. The van der Waals surface area contributed by atoms with Crippen molar-refractivity contribution in [3.63, 3.8) is 0 Å². The molecule has 0 bridgehead atoms. The SMILES string of the molecule is COc1ccccc1N1CCN(c2ccc(NC(=O)C3CC3)cc2C(=O)NCC2CCCO2)CC1. The summed E-state index contributed by atoms with van der Waals surface area (Å²) in [5.41, 5.74) is 3.23. The first-order valence-corrected chi connectivity index (χ1v) is 12.6. The second-order valence-corrected chi connectivity index (χ2v) is 9.49. The molecule has 5 rings (SSSR count). The van der Waals surface area contributed by atoms with Crippen molar-refractivity contribution >= 4 is 28.9 Å². The maximum atomic E-state index is 13.3. The van der Waals surface area contributed by atoms with Gasteiger partial charge >= 0.3 is 0 Å². The molecule has 2 amide bonds. The molecule has 0 spiro atoms. The molecule has 8 heteroatoms. The highest BCUT2D eigenvalue weighted by Gasteiger charge is 2.30. The summed E-state index contributed by atoms with van der Waals surface area (Å²) in [4.78, 5) is 30.2. The second kappa shape index (κ2) is 10.6. The highest BCUT2D eigenvalue weighted by atomic mass is 16.5. The van der Waals surface area contributed by atoms with Crippen molar-refractivity contribution in [3.05, 3.63) is 48.0 Å².